The Morgan fingerprint density at radius 3 is 2.82 bits per heavy atom. The number of hydrogen-bond acceptors (Lipinski definition) is 3. The van der Waals surface area contributed by atoms with Crippen LogP contribution in [0.15, 0.2) is 0 Å². The maximum atomic E-state index is 10.6. The lowest BCUT2D eigenvalue weighted by Gasteiger charge is -2.27. The molecular formula is C7H13NO3. The molecule has 64 valence electrons. The zero-order valence-electron chi connectivity index (χ0n) is 6.29. The van der Waals surface area contributed by atoms with E-state index < -0.39 is 5.97 Å². The van der Waals surface area contributed by atoms with E-state index in [0.717, 1.165) is 6.54 Å². The number of aliphatic hydroxyl groups is 1. The van der Waals surface area contributed by atoms with Gasteiger partial charge in [0.25, 0.3) is 0 Å². The van der Waals surface area contributed by atoms with Crippen LogP contribution in [-0.2, 0) is 4.79 Å². The molecule has 4 nitrogen and oxygen atoms in total. The Hall–Kier alpha value is -0.610. The van der Waals surface area contributed by atoms with Gasteiger partial charge in [-0.1, -0.05) is 0 Å². The number of hydrogen-bond donors (Lipinski definition) is 3. The number of aliphatic carboxylic acids is 1. The first kappa shape index (κ1) is 8.49. The molecule has 1 saturated heterocycles. The lowest BCUT2D eigenvalue weighted by atomic mass is 9.87. The Morgan fingerprint density at radius 2 is 2.36 bits per heavy atom. The van der Waals surface area contributed by atoms with Gasteiger partial charge in [-0.25, -0.2) is 0 Å². The van der Waals surface area contributed by atoms with Crippen molar-refractivity contribution in [1.29, 1.82) is 0 Å². The van der Waals surface area contributed by atoms with E-state index in [0.29, 0.717) is 13.0 Å². The third-order valence-electron chi connectivity index (χ3n) is 2.16. The predicted octanol–water partition coefficient (Wildman–Crippen LogP) is -0.711. The summed E-state index contributed by atoms with van der Waals surface area (Å²) in [7, 11) is 0. The van der Waals surface area contributed by atoms with E-state index >= 15 is 0 Å². The minimum absolute atomic E-state index is 0.0377. The van der Waals surface area contributed by atoms with Gasteiger partial charge in [-0.05, 0) is 13.0 Å². The molecule has 1 fully saturated rings. The fourth-order valence-corrected chi connectivity index (χ4v) is 1.44. The fraction of sp³-hybridized carbons (Fsp3) is 0.857. The summed E-state index contributed by atoms with van der Waals surface area (Å²) < 4.78 is 0. The highest BCUT2D eigenvalue weighted by Crippen LogP contribution is 2.18. The van der Waals surface area contributed by atoms with Crippen molar-refractivity contribution in [3.05, 3.63) is 0 Å². The fourth-order valence-electron chi connectivity index (χ4n) is 1.44. The molecule has 0 aliphatic carbocycles. The van der Waals surface area contributed by atoms with Gasteiger partial charge in [0.05, 0.1) is 5.92 Å². The number of carbonyl (C=O) groups is 1. The maximum absolute atomic E-state index is 10.6. The van der Waals surface area contributed by atoms with E-state index in [1.807, 2.05) is 0 Å². The Kier molecular flexibility index (Phi) is 2.84. The molecule has 0 amide bonds. The third-order valence-corrected chi connectivity index (χ3v) is 2.16. The lowest BCUT2D eigenvalue weighted by molar-refractivity contribution is -0.145. The quantitative estimate of drug-likeness (QED) is 0.498. The van der Waals surface area contributed by atoms with Gasteiger partial charge in [0.2, 0.25) is 0 Å². The first-order valence-corrected chi connectivity index (χ1v) is 3.80. The number of carboxylic acids is 1. The van der Waals surface area contributed by atoms with E-state index in [1.54, 1.807) is 0 Å². The average Bonchev–Trinajstić information content (AvgIpc) is 2.04. The lowest BCUT2D eigenvalue weighted by Crippen LogP contribution is -2.41. The molecule has 0 spiro atoms. The molecule has 1 heterocycles. The Balaban J connectivity index is 2.51. The van der Waals surface area contributed by atoms with E-state index in [1.165, 1.54) is 0 Å². The van der Waals surface area contributed by atoms with Crippen LogP contribution in [-0.4, -0.2) is 35.9 Å². The van der Waals surface area contributed by atoms with Gasteiger partial charge < -0.3 is 15.5 Å². The molecule has 1 aliphatic heterocycles. The molecule has 0 radical (unpaired) electrons. The third kappa shape index (κ3) is 1.91. The second kappa shape index (κ2) is 3.69. The topological polar surface area (TPSA) is 69.6 Å². The van der Waals surface area contributed by atoms with Crippen LogP contribution >= 0.6 is 0 Å². The van der Waals surface area contributed by atoms with Gasteiger partial charge in [0, 0.05) is 19.1 Å². The van der Waals surface area contributed by atoms with Gasteiger partial charge in [-0.15, -0.1) is 0 Å². The summed E-state index contributed by atoms with van der Waals surface area (Å²) in [5.74, 6) is -1.26. The largest absolute Gasteiger partial charge is 0.481 e. The van der Waals surface area contributed by atoms with Crippen LogP contribution in [0.25, 0.3) is 0 Å². The molecule has 4 heteroatoms. The summed E-state index contributed by atoms with van der Waals surface area (Å²) in [5, 5.41) is 20.6. The molecular weight excluding hydrogens is 146 g/mol. The molecule has 0 aromatic rings. The average molecular weight is 159 g/mol. The first-order chi connectivity index (χ1) is 5.25. The Morgan fingerprint density at radius 1 is 1.64 bits per heavy atom. The number of piperidine rings is 1. The van der Waals surface area contributed by atoms with E-state index in [2.05, 4.69) is 5.32 Å². The normalized spacial score (nSPS) is 31.7. The number of aliphatic hydroxyl groups excluding tert-OH is 1. The van der Waals surface area contributed by atoms with Crippen LogP contribution < -0.4 is 5.32 Å². The van der Waals surface area contributed by atoms with Crippen molar-refractivity contribution in [3.63, 3.8) is 0 Å². The van der Waals surface area contributed by atoms with Gasteiger partial charge in [-0.2, -0.15) is 0 Å². The minimum atomic E-state index is -0.787. The molecule has 0 aromatic heterocycles. The van der Waals surface area contributed by atoms with Gasteiger partial charge in [0.15, 0.2) is 0 Å². The summed E-state index contributed by atoms with van der Waals surface area (Å²) in [6.45, 7) is 1.32. The highest BCUT2D eigenvalue weighted by molar-refractivity contribution is 5.70. The van der Waals surface area contributed by atoms with E-state index in [9.17, 15) is 4.79 Å². The van der Waals surface area contributed by atoms with Crippen molar-refractivity contribution in [2.45, 2.75) is 6.42 Å². The number of rotatable bonds is 2. The van der Waals surface area contributed by atoms with Gasteiger partial charge in [0.1, 0.15) is 0 Å². The highest BCUT2D eigenvalue weighted by Gasteiger charge is 2.29. The second-order valence-corrected chi connectivity index (χ2v) is 2.88. The van der Waals surface area contributed by atoms with Crippen LogP contribution in [0.5, 0.6) is 0 Å². The van der Waals surface area contributed by atoms with Crippen LogP contribution in [0.3, 0.4) is 0 Å². The number of nitrogens with one attached hydrogen (secondary N) is 1. The van der Waals surface area contributed by atoms with Crippen molar-refractivity contribution in [2.24, 2.45) is 11.8 Å². The molecule has 0 saturated carbocycles. The van der Waals surface area contributed by atoms with Crippen molar-refractivity contribution >= 4 is 5.97 Å². The molecule has 0 aromatic carbocycles. The smallest absolute Gasteiger partial charge is 0.306 e. The molecule has 2 atom stereocenters. The zero-order chi connectivity index (χ0) is 8.27. The molecule has 0 unspecified atom stereocenters. The maximum Gasteiger partial charge on any atom is 0.306 e. The molecule has 3 N–H and O–H groups in total. The Bertz CT molecular complexity index is 149. The second-order valence-electron chi connectivity index (χ2n) is 2.88. The zero-order valence-corrected chi connectivity index (χ0v) is 6.29. The number of carboxylic acid groups (broad SMARTS) is 1. The first-order valence-electron chi connectivity index (χ1n) is 3.80. The monoisotopic (exact) mass is 159 g/mol. The predicted molar refractivity (Wildman–Crippen MR) is 39.2 cm³/mol. The molecule has 1 rings (SSSR count). The van der Waals surface area contributed by atoms with Crippen molar-refractivity contribution in [1.82, 2.24) is 5.32 Å². The molecule has 11 heavy (non-hydrogen) atoms. The Labute approximate surface area is 65.2 Å². The van der Waals surface area contributed by atoms with Crippen molar-refractivity contribution < 1.29 is 15.0 Å². The molecule has 0 bridgehead atoms. The minimum Gasteiger partial charge on any atom is -0.481 e. The summed E-state index contributed by atoms with van der Waals surface area (Å²) in [5.41, 5.74) is 0. The summed E-state index contributed by atoms with van der Waals surface area (Å²) in [4.78, 5) is 10.6. The van der Waals surface area contributed by atoms with Crippen molar-refractivity contribution in [2.75, 3.05) is 19.7 Å². The van der Waals surface area contributed by atoms with Crippen LogP contribution in [0.1, 0.15) is 6.42 Å². The van der Waals surface area contributed by atoms with E-state index in [-0.39, 0.29) is 18.4 Å². The molecule has 1 aliphatic rings. The van der Waals surface area contributed by atoms with Gasteiger partial charge in [-0.3, -0.25) is 4.79 Å². The SMILES string of the molecule is O=C(O)[C@@H]1CCNC[C@H]1CO. The van der Waals surface area contributed by atoms with E-state index in [4.69, 9.17) is 10.2 Å². The van der Waals surface area contributed by atoms with Crippen LogP contribution in [0, 0.1) is 11.8 Å². The van der Waals surface area contributed by atoms with Crippen LogP contribution in [0.4, 0.5) is 0 Å². The summed E-state index contributed by atoms with van der Waals surface area (Å²) >= 11 is 0. The standard InChI is InChI=1S/C7H13NO3/c9-4-5-3-8-2-1-6(5)7(10)11/h5-6,8-9H,1-4H2,(H,10,11)/t5-,6+/m0/s1. The summed E-state index contributed by atoms with van der Waals surface area (Å²) in [6, 6.07) is 0. The van der Waals surface area contributed by atoms with Crippen LogP contribution in [0.2, 0.25) is 0 Å². The van der Waals surface area contributed by atoms with Gasteiger partial charge >= 0.3 is 5.97 Å². The summed E-state index contributed by atoms with van der Waals surface area (Å²) in [6.07, 6.45) is 0.626. The van der Waals surface area contributed by atoms with Crippen molar-refractivity contribution in [3.8, 4) is 0 Å². The highest BCUT2D eigenvalue weighted by atomic mass is 16.4.